The predicted octanol–water partition coefficient (Wildman–Crippen LogP) is 3.14. The smallest absolute Gasteiger partial charge is 0.357 e. The molecule has 1 aromatic rings. The number of thiazole rings is 1. The lowest BCUT2D eigenvalue weighted by atomic mass is 10.1. The van der Waals surface area contributed by atoms with E-state index in [1.807, 2.05) is 20.8 Å². The summed E-state index contributed by atoms with van der Waals surface area (Å²) in [5.41, 5.74) is -0.283. The van der Waals surface area contributed by atoms with E-state index in [1.54, 1.807) is 19.2 Å². The van der Waals surface area contributed by atoms with E-state index < -0.39 is 16.3 Å². The second-order valence-electron chi connectivity index (χ2n) is 5.60. The van der Waals surface area contributed by atoms with Crippen LogP contribution >= 0.6 is 23.1 Å². The molecule has 0 amide bonds. The van der Waals surface area contributed by atoms with Gasteiger partial charge in [0.25, 0.3) is 0 Å². The normalized spacial score (nSPS) is 12.1. The highest BCUT2D eigenvalue weighted by molar-refractivity contribution is 8.03. The number of hydrogen-bond donors (Lipinski definition) is 0. The van der Waals surface area contributed by atoms with Gasteiger partial charge in [-0.05, 0) is 34.6 Å². The lowest BCUT2D eigenvalue weighted by molar-refractivity contribution is -0.156. The van der Waals surface area contributed by atoms with Gasteiger partial charge in [0, 0.05) is 5.38 Å². The van der Waals surface area contributed by atoms with Gasteiger partial charge in [-0.1, -0.05) is 11.8 Å². The van der Waals surface area contributed by atoms with Crippen LogP contribution in [0.1, 0.15) is 45.1 Å². The fourth-order valence-corrected chi connectivity index (χ4v) is 3.34. The summed E-state index contributed by atoms with van der Waals surface area (Å²) >= 11 is 2.57. The Balaban J connectivity index is 2.78. The number of methoxy groups -OCH3 is 1. The van der Waals surface area contributed by atoms with Crippen molar-refractivity contribution < 1.29 is 19.1 Å². The molecule has 0 radical (unpaired) electrons. The van der Waals surface area contributed by atoms with E-state index in [4.69, 9.17) is 4.74 Å². The largest absolute Gasteiger partial charge is 0.464 e. The van der Waals surface area contributed by atoms with Crippen molar-refractivity contribution in [3.63, 3.8) is 0 Å². The third-order valence-corrected chi connectivity index (χ3v) is 4.23. The highest BCUT2D eigenvalue weighted by Gasteiger charge is 2.34. The number of thioether (sulfide) groups is 1. The van der Waals surface area contributed by atoms with Crippen LogP contribution < -0.4 is 0 Å². The van der Waals surface area contributed by atoms with E-state index in [9.17, 15) is 9.59 Å². The van der Waals surface area contributed by atoms with Gasteiger partial charge in [-0.2, -0.15) is 0 Å². The summed E-state index contributed by atoms with van der Waals surface area (Å²) in [5, 5.41) is 1.61. The van der Waals surface area contributed by atoms with Crippen LogP contribution in [0.4, 0.5) is 0 Å². The van der Waals surface area contributed by atoms with Crippen LogP contribution in [0.3, 0.4) is 0 Å². The molecule has 0 saturated carbocycles. The van der Waals surface area contributed by atoms with Crippen molar-refractivity contribution in [2.24, 2.45) is 0 Å². The number of esters is 2. The Morgan fingerprint density at radius 2 is 1.85 bits per heavy atom. The summed E-state index contributed by atoms with van der Waals surface area (Å²) in [6, 6.07) is 0. The first-order valence-electron chi connectivity index (χ1n) is 6.01. The first-order valence-corrected chi connectivity index (χ1v) is 7.71. The average Bonchev–Trinajstić information content (AvgIpc) is 2.73. The molecule has 0 N–H and O–H groups in total. The molecule has 0 unspecified atom stereocenters. The second kappa shape index (κ2) is 6.13. The van der Waals surface area contributed by atoms with Crippen LogP contribution in [0.25, 0.3) is 0 Å². The van der Waals surface area contributed by atoms with E-state index in [-0.39, 0.29) is 11.7 Å². The Kier molecular flexibility index (Phi) is 5.21. The number of carbonyl (C=O) groups excluding carboxylic acids is 2. The van der Waals surface area contributed by atoms with Crippen molar-refractivity contribution in [3.05, 3.63) is 11.1 Å². The molecule has 7 heteroatoms. The summed E-state index contributed by atoms with van der Waals surface area (Å²) in [4.78, 5) is 27.6. The lowest BCUT2D eigenvalue weighted by Crippen LogP contribution is -2.36. The highest BCUT2D eigenvalue weighted by atomic mass is 32.2. The molecular formula is C13H19NO4S2. The van der Waals surface area contributed by atoms with Crippen LogP contribution in [0, 0.1) is 0 Å². The molecule has 0 bridgehead atoms. The van der Waals surface area contributed by atoms with Gasteiger partial charge < -0.3 is 9.47 Å². The summed E-state index contributed by atoms with van der Waals surface area (Å²) in [7, 11) is 1.30. The average molecular weight is 317 g/mol. The number of rotatable bonds is 4. The molecule has 20 heavy (non-hydrogen) atoms. The Labute approximate surface area is 127 Å². The van der Waals surface area contributed by atoms with Gasteiger partial charge >= 0.3 is 11.9 Å². The molecule has 0 aliphatic heterocycles. The maximum atomic E-state index is 12.1. The number of aromatic nitrogens is 1. The van der Waals surface area contributed by atoms with Gasteiger partial charge in [-0.25, -0.2) is 9.78 Å². The monoisotopic (exact) mass is 317 g/mol. The summed E-state index contributed by atoms with van der Waals surface area (Å²) < 4.78 is 9.82. The Morgan fingerprint density at radius 1 is 1.25 bits per heavy atom. The number of carbonyl (C=O) groups is 2. The fraction of sp³-hybridized carbons (Fsp3) is 0.615. The fourth-order valence-electron chi connectivity index (χ4n) is 1.16. The zero-order valence-electron chi connectivity index (χ0n) is 12.5. The van der Waals surface area contributed by atoms with Gasteiger partial charge in [0.05, 0.1) is 7.11 Å². The van der Waals surface area contributed by atoms with Gasteiger partial charge in [0.2, 0.25) is 0 Å². The second-order valence-corrected chi connectivity index (χ2v) is 8.33. The first-order chi connectivity index (χ1) is 9.05. The van der Waals surface area contributed by atoms with Gasteiger partial charge in [-0.3, -0.25) is 4.79 Å². The molecule has 0 saturated heterocycles. The molecule has 0 aliphatic rings. The Morgan fingerprint density at radius 3 is 2.35 bits per heavy atom. The highest BCUT2D eigenvalue weighted by Crippen LogP contribution is 2.36. The van der Waals surface area contributed by atoms with Crippen LogP contribution in [0.2, 0.25) is 0 Å². The third-order valence-electron chi connectivity index (χ3n) is 2.11. The van der Waals surface area contributed by atoms with Crippen molar-refractivity contribution >= 4 is 35.0 Å². The maximum absolute atomic E-state index is 12.1. The van der Waals surface area contributed by atoms with Crippen LogP contribution in [0.15, 0.2) is 9.72 Å². The molecule has 1 rings (SSSR count). The minimum Gasteiger partial charge on any atom is -0.464 e. The van der Waals surface area contributed by atoms with Gasteiger partial charge in [-0.15, -0.1) is 11.3 Å². The van der Waals surface area contributed by atoms with Crippen LogP contribution in [-0.2, 0) is 14.3 Å². The van der Waals surface area contributed by atoms with E-state index in [0.29, 0.717) is 4.34 Å². The molecular weight excluding hydrogens is 298 g/mol. The van der Waals surface area contributed by atoms with Crippen LogP contribution in [0.5, 0.6) is 0 Å². The number of nitrogens with zero attached hydrogens (tertiary/aromatic N) is 1. The third kappa shape index (κ3) is 4.79. The van der Waals surface area contributed by atoms with Gasteiger partial charge in [0.1, 0.15) is 10.3 Å². The zero-order valence-corrected chi connectivity index (χ0v) is 14.1. The van der Waals surface area contributed by atoms with Gasteiger partial charge in [0.15, 0.2) is 10.0 Å². The Hall–Kier alpha value is -1.08. The summed E-state index contributed by atoms with van der Waals surface area (Å²) in [5.74, 6) is -0.798. The lowest BCUT2D eigenvalue weighted by Gasteiger charge is -2.27. The topological polar surface area (TPSA) is 65.5 Å². The number of ether oxygens (including phenoxy) is 2. The molecule has 5 nitrogen and oxygen atoms in total. The van der Waals surface area contributed by atoms with Crippen molar-refractivity contribution in [1.29, 1.82) is 0 Å². The van der Waals surface area contributed by atoms with Crippen molar-refractivity contribution in [1.82, 2.24) is 4.98 Å². The SMILES string of the molecule is COC(=O)c1csc(SC(C)(C)C(=O)OC(C)(C)C)n1. The molecule has 0 aromatic carbocycles. The standard InChI is InChI=1S/C13H19NO4S2/c1-12(2,3)18-10(16)13(4,5)20-11-14-8(7-19-11)9(15)17-6/h7H,1-6H3. The van der Waals surface area contributed by atoms with E-state index >= 15 is 0 Å². The molecule has 112 valence electrons. The summed E-state index contributed by atoms with van der Waals surface area (Å²) in [6.07, 6.45) is 0. The Bertz CT molecular complexity index is 503. The minimum absolute atomic E-state index is 0.250. The van der Waals surface area contributed by atoms with E-state index in [0.717, 1.165) is 0 Å². The van der Waals surface area contributed by atoms with E-state index in [1.165, 1.54) is 30.2 Å². The predicted molar refractivity (Wildman–Crippen MR) is 79.2 cm³/mol. The zero-order chi connectivity index (χ0) is 15.6. The van der Waals surface area contributed by atoms with Crippen LogP contribution in [-0.4, -0.2) is 34.4 Å². The van der Waals surface area contributed by atoms with Crippen molar-refractivity contribution in [2.75, 3.05) is 7.11 Å². The number of hydrogen-bond acceptors (Lipinski definition) is 7. The van der Waals surface area contributed by atoms with Crippen molar-refractivity contribution in [3.8, 4) is 0 Å². The molecule has 0 spiro atoms. The molecule has 0 fully saturated rings. The molecule has 0 aliphatic carbocycles. The quantitative estimate of drug-likeness (QED) is 0.628. The first kappa shape index (κ1) is 17.0. The van der Waals surface area contributed by atoms with E-state index in [2.05, 4.69) is 9.72 Å². The molecule has 0 atom stereocenters. The molecule has 1 heterocycles. The summed E-state index contributed by atoms with van der Waals surface area (Å²) in [6.45, 7) is 9.01. The molecule has 1 aromatic heterocycles. The maximum Gasteiger partial charge on any atom is 0.357 e. The van der Waals surface area contributed by atoms with Crippen molar-refractivity contribution in [2.45, 2.75) is 49.3 Å². The minimum atomic E-state index is -0.779.